The van der Waals surface area contributed by atoms with Gasteiger partial charge in [-0.3, -0.25) is 14.9 Å². The third-order valence-electron chi connectivity index (χ3n) is 4.45. The van der Waals surface area contributed by atoms with Gasteiger partial charge in [-0.25, -0.2) is 9.59 Å². The number of nitro groups is 1. The topological polar surface area (TPSA) is 104 Å². The number of carbonyl (C=O) groups is 3. The number of cyclic esters (lactones) is 2. The smallest absolute Gasteiger partial charge is 0.347 e. The minimum absolute atomic E-state index is 0.0534. The van der Waals surface area contributed by atoms with Crippen LogP contribution in [0.25, 0.3) is 16.8 Å². The van der Waals surface area contributed by atoms with Crippen molar-refractivity contribution in [1.82, 2.24) is 0 Å². The van der Waals surface area contributed by atoms with Gasteiger partial charge in [0.15, 0.2) is 5.78 Å². The highest BCUT2D eigenvalue weighted by Crippen LogP contribution is 2.31. The highest BCUT2D eigenvalue weighted by atomic mass is 16.6. The average molecular weight is 373 g/mol. The minimum Gasteiger partial charge on any atom is -0.386 e. The second-order valence-electron chi connectivity index (χ2n) is 6.12. The summed E-state index contributed by atoms with van der Waals surface area (Å²) in [6.07, 6.45) is 2.76. The van der Waals surface area contributed by atoms with Crippen molar-refractivity contribution >= 4 is 40.3 Å². The second kappa shape index (κ2) is 6.55. The zero-order chi connectivity index (χ0) is 19.8. The fraction of sp³-hybridized carbons (Fsp3) is 0. The first kappa shape index (κ1) is 17.3. The Labute approximate surface area is 158 Å². The number of ether oxygens (including phenoxy) is 1. The molecule has 0 N–H and O–H groups in total. The zero-order valence-electron chi connectivity index (χ0n) is 14.2. The van der Waals surface area contributed by atoms with Crippen LogP contribution < -0.4 is 0 Å². The molecule has 0 atom stereocenters. The van der Waals surface area contributed by atoms with Crippen molar-refractivity contribution in [2.24, 2.45) is 0 Å². The second-order valence-corrected chi connectivity index (χ2v) is 6.12. The molecule has 7 nitrogen and oxygen atoms in total. The number of benzene rings is 3. The molecule has 1 heterocycles. The Morgan fingerprint density at radius 2 is 1.71 bits per heavy atom. The van der Waals surface area contributed by atoms with Crippen molar-refractivity contribution < 1.29 is 24.0 Å². The summed E-state index contributed by atoms with van der Waals surface area (Å²) < 4.78 is 4.77. The van der Waals surface area contributed by atoms with Crippen molar-refractivity contribution in [1.29, 1.82) is 0 Å². The van der Waals surface area contributed by atoms with E-state index in [1.54, 1.807) is 24.3 Å². The Balaban J connectivity index is 1.74. The minimum atomic E-state index is -0.860. The number of ketones is 1. The largest absolute Gasteiger partial charge is 0.386 e. The van der Waals surface area contributed by atoms with E-state index in [9.17, 15) is 24.5 Å². The molecule has 0 saturated heterocycles. The number of carbonyl (C=O) groups excluding carboxylic acids is 3. The zero-order valence-corrected chi connectivity index (χ0v) is 14.2. The van der Waals surface area contributed by atoms with E-state index in [4.69, 9.17) is 4.74 Å². The summed E-state index contributed by atoms with van der Waals surface area (Å²) in [6, 6.07) is 13.8. The molecule has 0 fully saturated rings. The molecule has 136 valence electrons. The Morgan fingerprint density at radius 1 is 0.964 bits per heavy atom. The van der Waals surface area contributed by atoms with Crippen molar-refractivity contribution in [3.63, 3.8) is 0 Å². The Hall–Kier alpha value is -4.13. The van der Waals surface area contributed by atoms with Crippen LogP contribution in [0.3, 0.4) is 0 Å². The molecule has 1 aliphatic rings. The predicted molar refractivity (Wildman–Crippen MR) is 100 cm³/mol. The lowest BCUT2D eigenvalue weighted by Gasteiger charge is -2.17. The van der Waals surface area contributed by atoms with Crippen LogP contribution in [0.4, 0.5) is 5.69 Å². The van der Waals surface area contributed by atoms with Gasteiger partial charge in [-0.2, -0.15) is 0 Å². The van der Waals surface area contributed by atoms with Gasteiger partial charge in [-0.05, 0) is 41.3 Å². The monoisotopic (exact) mass is 373 g/mol. The summed E-state index contributed by atoms with van der Waals surface area (Å²) in [6.45, 7) is 0. The number of nitro benzene ring substituents is 1. The third-order valence-corrected chi connectivity index (χ3v) is 4.45. The molecule has 0 spiro atoms. The van der Waals surface area contributed by atoms with Crippen molar-refractivity contribution in [2.45, 2.75) is 0 Å². The van der Waals surface area contributed by atoms with Gasteiger partial charge in [0.1, 0.15) is 0 Å². The summed E-state index contributed by atoms with van der Waals surface area (Å²) in [5.74, 6) is -2.05. The molecule has 4 rings (SSSR count). The van der Waals surface area contributed by atoms with Gasteiger partial charge in [-0.1, -0.05) is 24.3 Å². The van der Waals surface area contributed by atoms with Crippen LogP contribution in [0.1, 0.15) is 36.6 Å². The van der Waals surface area contributed by atoms with E-state index >= 15 is 0 Å². The van der Waals surface area contributed by atoms with Gasteiger partial charge in [0.2, 0.25) is 0 Å². The molecular formula is C21H11NO6. The Kier molecular flexibility index (Phi) is 4.04. The summed E-state index contributed by atoms with van der Waals surface area (Å²) in [4.78, 5) is 47.1. The highest BCUT2D eigenvalue weighted by molar-refractivity contribution is 6.26. The first-order chi connectivity index (χ1) is 13.5. The molecular weight excluding hydrogens is 362 g/mol. The molecule has 1 aliphatic heterocycles. The number of rotatable bonds is 4. The molecule has 3 aromatic carbocycles. The third kappa shape index (κ3) is 2.84. The van der Waals surface area contributed by atoms with Crippen LogP contribution in [-0.4, -0.2) is 22.6 Å². The average Bonchev–Trinajstić information content (AvgIpc) is 2.70. The van der Waals surface area contributed by atoms with Gasteiger partial charge in [0.25, 0.3) is 5.69 Å². The number of nitrogens with zero attached hydrogens (tertiary/aromatic N) is 1. The number of non-ortho nitro benzene ring substituents is 1. The lowest BCUT2D eigenvalue weighted by Crippen LogP contribution is -2.22. The molecule has 28 heavy (non-hydrogen) atoms. The Morgan fingerprint density at radius 3 is 2.43 bits per heavy atom. The van der Waals surface area contributed by atoms with E-state index in [-0.39, 0.29) is 22.4 Å². The molecule has 0 aromatic heterocycles. The maximum atomic E-state index is 12.7. The van der Waals surface area contributed by atoms with Crippen LogP contribution in [0, 0.1) is 10.1 Å². The number of hydrogen-bond donors (Lipinski definition) is 0. The number of esters is 2. The number of allylic oxidation sites excluding steroid dienone is 1. The van der Waals surface area contributed by atoms with Gasteiger partial charge in [0.05, 0.1) is 16.1 Å². The summed E-state index contributed by atoms with van der Waals surface area (Å²) in [5.41, 5.74) is 0.956. The molecule has 0 bridgehead atoms. The van der Waals surface area contributed by atoms with E-state index < -0.39 is 22.6 Å². The normalized spacial score (nSPS) is 13.0. The van der Waals surface area contributed by atoms with Crippen LogP contribution in [0.15, 0.2) is 60.7 Å². The van der Waals surface area contributed by atoms with Crippen LogP contribution in [-0.2, 0) is 4.74 Å². The van der Waals surface area contributed by atoms with Gasteiger partial charge < -0.3 is 4.74 Å². The SMILES string of the molecule is O=C(/C=C/c1ccc([N+](=O)[O-])cc1)c1ccc2cccc3c2c1C(=O)OC3=O. The van der Waals surface area contributed by atoms with Crippen LogP contribution in [0.5, 0.6) is 0 Å². The van der Waals surface area contributed by atoms with Gasteiger partial charge in [0, 0.05) is 23.1 Å². The highest BCUT2D eigenvalue weighted by Gasteiger charge is 2.30. The summed E-state index contributed by atoms with van der Waals surface area (Å²) in [5, 5.41) is 11.8. The molecule has 0 aliphatic carbocycles. The number of hydrogen-bond acceptors (Lipinski definition) is 6. The fourth-order valence-electron chi connectivity index (χ4n) is 3.13. The maximum Gasteiger partial charge on any atom is 0.347 e. The first-order valence-electron chi connectivity index (χ1n) is 8.25. The van der Waals surface area contributed by atoms with E-state index in [0.29, 0.717) is 16.3 Å². The van der Waals surface area contributed by atoms with Crippen molar-refractivity contribution in [2.75, 3.05) is 0 Å². The summed E-state index contributed by atoms with van der Waals surface area (Å²) >= 11 is 0. The molecule has 0 radical (unpaired) electrons. The standard InChI is InChI=1S/C21H11NO6/c23-17(11-6-12-4-8-14(9-5-12)22(26)27)15-10-7-13-2-1-3-16-18(13)19(15)21(25)28-20(16)24/h1-11H/b11-6+. The summed E-state index contributed by atoms with van der Waals surface area (Å²) in [7, 11) is 0. The van der Waals surface area contributed by atoms with E-state index in [0.717, 1.165) is 0 Å². The molecule has 3 aromatic rings. The van der Waals surface area contributed by atoms with Crippen LogP contribution >= 0.6 is 0 Å². The molecule has 0 saturated carbocycles. The molecule has 0 amide bonds. The first-order valence-corrected chi connectivity index (χ1v) is 8.25. The maximum absolute atomic E-state index is 12.7. The molecule has 7 heteroatoms. The lowest BCUT2D eigenvalue weighted by molar-refractivity contribution is -0.384. The van der Waals surface area contributed by atoms with E-state index in [2.05, 4.69) is 0 Å². The van der Waals surface area contributed by atoms with Crippen molar-refractivity contribution in [3.8, 4) is 0 Å². The van der Waals surface area contributed by atoms with Gasteiger partial charge in [-0.15, -0.1) is 0 Å². The van der Waals surface area contributed by atoms with Crippen molar-refractivity contribution in [3.05, 3.63) is 93.0 Å². The van der Waals surface area contributed by atoms with E-state index in [1.807, 2.05) is 0 Å². The predicted octanol–water partition coefficient (Wildman–Crippen LogP) is 3.95. The lowest BCUT2D eigenvalue weighted by atomic mass is 9.91. The quantitative estimate of drug-likeness (QED) is 0.171. The van der Waals surface area contributed by atoms with Crippen LogP contribution in [0.2, 0.25) is 0 Å². The molecule has 0 unspecified atom stereocenters. The fourth-order valence-corrected chi connectivity index (χ4v) is 3.13. The van der Waals surface area contributed by atoms with Gasteiger partial charge >= 0.3 is 11.9 Å². The Bertz CT molecular complexity index is 1210. The van der Waals surface area contributed by atoms with E-state index in [1.165, 1.54) is 42.5 Å².